The lowest BCUT2D eigenvalue weighted by Gasteiger charge is -2.13. The Morgan fingerprint density at radius 1 is 1.58 bits per heavy atom. The van der Waals surface area contributed by atoms with Crippen molar-refractivity contribution in [3.05, 3.63) is 0 Å². The van der Waals surface area contributed by atoms with Crippen LogP contribution in [0.3, 0.4) is 0 Å². The first-order valence-electron chi connectivity index (χ1n) is 4.00. The second-order valence-electron chi connectivity index (χ2n) is 3.34. The number of ether oxygens (including phenoxy) is 1. The number of hydrogen-bond donors (Lipinski definition) is 1. The summed E-state index contributed by atoms with van der Waals surface area (Å²) in [5.74, 6) is 0. The lowest BCUT2D eigenvalue weighted by atomic mass is 10.2. The number of hydrogen-bond acceptors (Lipinski definition) is 4. The van der Waals surface area contributed by atoms with Gasteiger partial charge >= 0.3 is 0 Å². The highest BCUT2D eigenvalue weighted by Gasteiger charge is 2.24. The zero-order chi connectivity index (χ0) is 9.19. The van der Waals surface area contributed by atoms with E-state index in [2.05, 4.69) is 0 Å². The van der Waals surface area contributed by atoms with Crippen LogP contribution in [0.4, 0.5) is 0 Å². The third-order valence-corrected chi connectivity index (χ3v) is 2.43. The highest BCUT2D eigenvalue weighted by Crippen LogP contribution is 2.38. The van der Waals surface area contributed by atoms with Gasteiger partial charge in [0.2, 0.25) is 0 Å². The van der Waals surface area contributed by atoms with Crippen LogP contribution in [0.15, 0.2) is 0 Å². The topological polar surface area (TPSA) is 55.8 Å². The van der Waals surface area contributed by atoms with Crippen molar-refractivity contribution in [2.75, 3.05) is 19.9 Å². The zero-order valence-corrected chi connectivity index (χ0v) is 8.29. The minimum Gasteiger partial charge on any atom is -0.368 e. The van der Waals surface area contributed by atoms with E-state index in [1.165, 1.54) is 0 Å². The van der Waals surface area contributed by atoms with Gasteiger partial charge in [0.15, 0.2) is 13.7 Å². The average Bonchev–Trinajstić information content (AvgIpc) is 2.30. The van der Waals surface area contributed by atoms with Crippen LogP contribution in [0.25, 0.3) is 0 Å². The fourth-order valence-corrected chi connectivity index (χ4v) is 1.60. The van der Waals surface area contributed by atoms with Gasteiger partial charge in [-0.15, -0.1) is 0 Å². The van der Waals surface area contributed by atoms with Crippen molar-refractivity contribution < 1.29 is 18.9 Å². The molecule has 0 radical (unpaired) electrons. The molecule has 0 aromatic carbocycles. The van der Waals surface area contributed by atoms with Crippen LogP contribution in [0.1, 0.15) is 12.8 Å². The second kappa shape index (κ2) is 3.88. The molecule has 1 unspecified atom stereocenters. The Labute approximate surface area is 72.3 Å². The summed E-state index contributed by atoms with van der Waals surface area (Å²) in [7, 11) is -2.40. The molecule has 0 amide bonds. The van der Waals surface area contributed by atoms with Crippen molar-refractivity contribution in [2.24, 2.45) is 0 Å². The molecular formula is C7H15O4P. The van der Waals surface area contributed by atoms with Crippen molar-refractivity contribution in [1.29, 1.82) is 0 Å². The molecule has 1 aliphatic rings. The standard InChI is InChI=1S/C7H15O4P/c1-12(2,9)10-5-6-3-4-7(8)11-6/h6-8H,3-5H2,1-2H3/t6-,7?/m0/s1. The van der Waals surface area contributed by atoms with Gasteiger partial charge in [0.1, 0.15) is 0 Å². The van der Waals surface area contributed by atoms with Gasteiger partial charge in [-0.05, 0) is 6.42 Å². The average molecular weight is 194 g/mol. The van der Waals surface area contributed by atoms with E-state index in [0.29, 0.717) is 13.0 Å². The Morgan fingerprint density at radius 2 is 2.25 bits per heavy atom. The first-order chi connectivity index (χ1) is 5.47. The van der Waals surface area contributed by atoms with Gasteiger partial charge in [0, 0.05) is 19.8 Å². The van der Waals surface area contributed by atoms with Crippen molar-refractivity contribution in [3.8, 4) is 0 Å². The van der Waals surface area contributed by atoms with Crippen LogP contribution < -0.4 is 0 Å². The summed E-state index contributed by atoms with van der Waals surface area (Å²) in [4.78, 5) is 0. The molecule has 2 atom stereocenters. The summed E-state index contributed by atoms with van der Waals surface area (Å²) < 4.78 is 21.3. The van der Waals surface area contributed by atoms with E-state index in [1.807, 2.05) is 0 Å². The Morgan fingerprint density at radius 3 is 2.67 bits per heavy atom. The zero-order valence-electron chi connectivity index (χ0n) is 7.40. The summed E-state index contributed by atoms with van der Waals surface area (Å²) in [5, 5.41) is 8.98. The monoisotopic (exact) mass is 194 g/mol. The second-order valence-corrected chi connectivity index (χ2v) is 6.10. The summed E-state index contributed by atoms with van der Waals surface area (Å²) >= 11 is 0. The molecule has 0 bridgehead atoms. The van der Waals surface area contributed by atoms with Crippen LogP contribution >= 0.6 is 7.37 Å². The molecule has 4 nitrogen and oxygen atoms in total. The Kier molecular flexibility index (Phi) is 3.29. The third-order valence-electron chi connectivity index (χ3n) is 1.66. The highest BCUT2D eigenvalue weighted by atomic mass is 31.2. The van der Waals surface area contributed by atoms with E-state index in [0.717, 1.165) is 6.42 Å². The molecule has 1 saturated heterocycles. The van der Waals surface area contributed by atoms with E-state index in [1.54, 1.807) is 13.3 Å². The normalized spacial score (nSPS) is 30.9. The van der Waals surface area contributed by atoms with E-state index in [-0.39, 0.29) is 6.10 Å². The van der Waals surface area contributed by atoms with Crippen LogP contribution in [0, 0.1) is 0 Å². The smallest absolute Gasteiger partial charge is 0.197 e. The molecule has 1 rings (SSSR count). The highest BCUT2D eigenvalue weighted by molar-refractivity contribution is 7.57. The molecule has 0 aliphatic carbocycles. The molecule has 0 aromatic heterocycles. The van der Waals surface area contributed by atoms with Gasteiger partial charge in [-0.1, -0.05) is 0 Å². The van der Waals surface area contributed by atoms with E-state index >= 15 is 0 Å². The fraction of sp³-hybridized carbons (Fsp3) is 1.00. The fourth-order valence-electron chi connectivity index (χ4n) is 1.07. The van der Waals surface area contributed by atoms with E-state index in [4.69, 9.17) is 14.4 Å². The summed E-state index contributed by atoms with van der Waals surface area (Å²) in [6, 6.07) is 0. The predicted octanol–water partition coefficient (Wildman–Crippen LogP) is 1.04. The molecule has 1 N–H and O–H groups in total. The number of aliphatic hydroxyl groups is 1. The van der Waals surface area contributed by atoms with E-state index in [9.17, 15) is 4.57 Å². The molecule has 1 heterocycles. The number of aliphatic hydroxyl groups excluding tert-OH is 1. The van der Waals surface area contributed by atoms with Crippen LogP contribution in [-0.2, 0) is 13.8 Å². The predicted molar refractivity (Wildman–Crippen MR) is 45.5 cm³/mol. The van der Waals surface area contributed by atoms with Crippen LogP contribution in [-0.4, -0.2) is 37.4 Å². The molecular weight excluding hydrogens is 179 g/mol. The molecule has 0 saturated carbocycles. The first-order valence-corrected chi connectivity index (χ1v) is 6.52. The molecule has 72 valence electrons. The maximum absolute atomic E-state index is 11.1. The van der Waals surface area contributed by atoms with Crippen molar-refractivity contribution in [2.45, 2.75) is 25.2 Å². The van der Waals surface area contributed by atoms with Crippen molar-refractivity contribution in [1.82, 2.24) is 0 Å². The Balaban J connectivity index is 2.21. The summed E-state index contributed by atoms with van der Waals surface area (Å²) in [6.45, 7) is 3.46. The lowest BCUT2D eigenvalue weighted by molar-refractivity contribution is -0.0983. The quantitative estimate of drug-likeness (QED) is 0.682. The summed E-state index contributed by atoms with van der Waals surface area (Å²) in [6.07, 6.45) is 0.673. The largest absolute Gasteiger partial charge is 0.368 e. The molecule has 1 fully saturated rings. The van der Waals surface area contributed by atoms with Gasteiger partial charge in [0.05, 0.1) is 12.7 Å². The SMILES string of the molecule is CP(C)(=O)OC[C@@H]1CCC(O)O1. The Bertz CT molecular complexity index is 188. The minimum atomic E-state index is -2.40. The molecule has 12 heavy (non-hydrogen) atoms. The maximum Gasteiger partial charge on any atom is 0.197 e. The lowest BCUT2D eigenvalue weighted by Crippen LogP contribution is -2.15. The van der Waals surface area contributed by atoms with Crippen molar-refractivity contribution >= 4 is 7.37 Å². The summed E-state index contributed by atoms with van der Waals surface area (Å²) in [5.41, 5.74) is 0. The van der Waals surface area contributed by atoms with Gasteiger partial charge in [-0.3, -0.25) is 4.57 Å². The van der Waals surface area contributed by atoms with Gasteiger partial charge < -0.3 is 14.4 Å². The van der Waals surface area contributed by atoms with Gasteiger partial charge in [-0.25, -0.2) is 0 Å². The molecule has 1 aliphatic heterocycles. The minimum absolute atomic E-state index is 0.0896. The van der Waals surface area contributed by atoms with Crippen molar-refractivity contribution in [3.63, 3.8) is 0 Å². The molecule has 0 spiro atoms. The number of rotatable bonds is 3. The first kappa shape index (κ1) is 10.2. The van der Waals surface area contributed by atoms with Gasteiger partial charge in [0.25, 0.3) is 0 Å². The molecule has 0 aromatic rings. The maximum atomic E-state index is 11.1. The van der Waals surface area contributed by atoms with E-state index < -0.39 is 13.7 Å². The van der Waals surface area contributed by atoms with Crippen LogP contribution in [0.2, 0.25) is 0 Å². The molecule has 5 heteroatoms. The Hall–Kier alpha value is 0.110. The van der Waals surface area contributed by atoms with Gasteiger partial charge in [-0.2, -0.15) is 0 Å². The van der Waals surface area contributed by atoms with Crippen LogP contribution in [0.5, 0.6) is 0 Å². The third kappa shape index (κ3) is 3.68.